The monoisotopic (exact) mass is 185 g/mol. The third kappa shape index (κ3) is 4.12. The zero-order chi connectivity index (χ0) is 9.52. The second kappa shape index (κ2) is 5.80. The molecule has 1 fully saturated rings. The fourth-order valence-corrected chi connectivity index (χ4v) is 1.43. The van der Waals surface area contributed by atoms with E-state index in [0.29, 0.717) is 5.92 Å². The Morgan fingerprint density at radius 1 is 1.54 bits per heavy atom. The lowest BCUT2D eigenvalue weighted by atomic mass is 10.1. The van der Waals surface area contributed by atoms with E-state index in [1.54, 1.807) is 0 Å². The molecular formula is C9H19N3O. The van der Waals surface area contributed by atoms with Crippen LogP contribution in [0.5, 0.6) is 0 Å². The number of hydrogen-bond acceptors (Lipinski definition) is 2. The third-order valence-corrected chi connectivity index (χ3v) is 2.25. The maximum atomic E-state index is 11.1. The smallest absolute Gasteiger partial charge is 0.314 e. The molecule has 0 aromatic carbocycles. The van der Waals surface area contributed by atoms with Crippen molar-refractivity contribution < 1.29 is 4.79 Å². The van der Waals surface area contributed by atoms with Crippen LogP contribution in [0.2, 0.25) is 0 Å². The molecule has 0 aliphatic carbocycles. The van der Waals surface area contributed by atoms with Gasteiger partial charge in [0.1, 0.15) is 0 Å². The van der Waals surface area contributed by atoms with E-state index in [-0.39, 0.29) is 6.03 Å². The summed E-state index contributed by atoms with van der Waals surface area (Å²) < 4.78 is 0. The van der Waals surface area contributed by atoms with E-state index >= 15 is 0 Å². The first kappa shape index (κ1) is 10.3. The fraction of sp³-hybridized carbons (Fsp3) is 0.889. The molecule has 4 heteroatoms. The number of amides is 2. The molecule has 4 nitrogen and oxygen atoms in total. The van der Waals surface area contributed by atoms with Crippen molar-refractivity contribution in [2.45, 2.75) is 19.8 Å². The Hall–Kier alpha value is -0.770. The molecule has 1 heterocycles. The number of nitrogens with one attached hydrogen (secondary N) is 3. The molecule has 1 atom stereocenters. The molecule has 1 rings (SSSR count). The maximum absolute atomic E-state index is 11.1. The van der Waals surface area contributed by atoms with Crippen molar-refractivity contribution in [1.82, 2.24) is 16.0 Å². The lowest BCUT2D eigenvalue weighted by molar-refractivity contribution is 0.239. The van der Waals surface area contributed by atoms with Crippen LogP contribution in [-0.2, 0) is 0 Å². The van der Waals surface area contributed by atoms with Crippen molar-refractivity contribution >= 4 is 6.03 Å². The number of hydrogen-bond donors (Lipinski definition) is 3. The van der Waals surface area contributed by atoms with Gasteiger partial charge in [-0.05, 0) is 31.8 Å². The summed E-state index contributed by atoms with van der Waals surface area (Å²) in [6.45, 7) is 5.72. The molecule has 2 amide bonds. The van der Waals surface area contributed by atoms with Gasteiger partial charge in [-0.15, -0.1) is 0 Å². The fourth-order valence-electron chi connectivity index (χ4n) is 1.43. The van der Waals surface area contributed by atoms with Crippen LogP contribution in [0.25, 0.3) is 0 Å². The van der Waals surface area contributed by atoms with E-state index < -0.39 is 0 Å². The third-order valence-electron chi connectivity index (χ3n) is 2.25. The summed E-state index contributed by atoms with van der Waals surface area (Å²) >= 11 is 0. The summed E-state index contributed by atoms with van der Waals surface area (Å²) in [4.78, 5) is 11.1. The van der Waals surface area contributed by atoms with Gasteiger partial charge in [0.25, 0.3) is 0 Å². The van der Waals surface area contributed by atoms with Crippen LogP contribution >= 0.6 is 0 Å². The molecular weight excluding hydrogens is 166 g/mol. The minimum atomic E-state index is -0.0336. The van der Waals surface area contributed by atoms with E-state index in [2.05, 4.69) is 16.0 Å². The predicted molar refractivity (Wildman–Crippen MR) is 52.7 cm³/mol. The van der Waals surface area contributed by atoms with E-state index in [4.69, 9.17) is 0 Å². The Bertz CT molecular complexity index is 155. The number of carbonyl (C=O) groups is 1. The van der Waals surface area contributed by atoms with Crippen LogP contribution in [0, 0.1) is 5.92 Å². The molecule has 0 saturated carbocycles. The molecule has 13 heavy (non-hydrogen) atoms. The Morgan fingerprint density at radius 2 is 2.38 bits per heavy atom. The van der Waals surface area contributed by atoms with Gasteiger partial charge >= 0.3 is 6.03 Å². The van der Waals surface area contributed by atoms with E-state index in [1.807, 2.05) is 6.92 Å². The number of urea groups is 1. The summed E-state index contributed by atoms with van der Waals surface area (Å²) in [5.41, 5.74) is 0. The van der Waals surface area contributed by atoms with Crippen molar-refractivity contribution in [3.05, 3.63) is 0 Å². The minimum Gasteiger partial charge on any atom is -0.338 e. The molecule has 0 radical (unpaired) electrons. The predicted octanol–water partition coefficient (Wildman–Crippen LogP) is 0.305. The normalized spacial score (nSPS) is 21.5. The first-order valence-corrected chi connectivity index (χ1v) is 5.05. The van der Waals surface area contributed by atoms with Crippen molar-refractivity contribution in [1.29, 1.82) is 0 Å². The summed E-state index contributed by atoms with van der Waals surface area (Å²) in [5.74, 6) is 0.618. The second-order valence-electron chi connectivity index (χ2n) is 3.50. The summed E-state index contributed by atoms with van der Waals surface area (Å²) in [6.07, 6.45) is 2.16. The molecule has 0 aromatic heterocycles. The van der Waals surface area contributed by atoms with Crippen molar-refractivity contribution in [3.63, 3.8) is 0 Å². The van der Waals surface area contributed by atoms with Crippen LogP contribution in [-0.4, -0.2) is 32.2 Å². The van der Waals surface area contributed by atoms with Gasteiger partial charge in [0.05, 0.1) is 0 Å². The summed E-state index contributed by atoms with van der Waals surface area (Å²) in [7, 11) is 0. The van der Waals surface area contributed by atoms with Crippen LogP contribution in [0.15, 0.2) is 0 Å². The highest BCUT2D eigenvalue weighted by molar-refractivity contribution is 5.73. The highest BCUT2D eigenvalue weighted by atomic mass is 16.2. The molecule has 0 spiro atoms. The first-order chi connectivity index (χ1) is 6.33. The van der Waals surface area contributed by atoms with Crippen LogP contribution < -0.4 is 16.0 Å². The van der Waals surface area contributed by atoms with Gasteiger partial charge < -0.3 is 16.0 Å². The largest absolute Gasteiger partial charge is 0.338 e. The van der Waals surface area contributed by atoms with Crippen molar-refractivity contribution in [3.8, 4) is 0 Å². The Kier molecular flexibility index (Phi) is 4.60. The van der Waals surface area contributed by atoms with Crippen molar-refractivity contribution in [2.24, 2.45) is 5.92 Å². The van der Waals surface area contributed by atoms with Crippen LogP contribution in [0.4, 0.5) is 4.79 Å². The van der Waals surface area contributed by atoms with E-state index in [9.17, 15) is 4.79 Å². The lowest BCUT2D eigenvalue weighted by Crippen LogP contribution is -2.38. The number of rotatable bonds is 4. The molecule has 1 aliphatic rings. The van der Waals surface area contributed by atoms with Gasteiger partial charge in [-0.2, -0.15) is 0 Å². The summed E-state index contributed by atoms with van der Waals surface area (Å²) in [5, 5.41) is 8.92. The van der Waals surface area contributed by atoms with Crippen LogP contribution in [0.1, 0.15) is 19.8 Å². The van der Waals surface area contributed by atoms with Gasteiger partial charge in [-0.3, -0.25) is 0 Å². The Balaban J connectivity index is 2.00. The highest BCUT2D eigenvalue weighted by Crippen LogP contribution is 2.04. The van der Waals surface area contributed by atoms with E-state index in [1.165, 1.54) is 6.42 Å². The molecule has 76 valence electrons. The average molecular weight is 185 g/mol. The second-order valence-corrected chi connectivity index (χ2v) is 3.50. The van der Waals surface area contributed by atoms with Crippen LogP contribution in [0.3, 0.4) is 0 Å². The number of carbonyl (C=O) groups excluding carboxylic acids is 1. The zero-order valence-electron chi connectivity index (χ0n) is 8.23. The topological polar surface area (TPSA) is 53.2 Å². The minimum absolute atomic E-state index is 0.0336. The van der Waals surface area contributed by atoms with Crippen molar-refractivity contribution in [2.75, 3.05) is 26.2 Å². The molecule has 0 bridgehead atoms. The summed E-state index contributed by atoms with van der Waals surface area (Å²) in [6, 6.07) is -0.0336. The van der Waals surface area contributed by atoms with Gasteiger partial charge in [-0.25, -0.2) is 4.79 Å². The SMILES string of the molecule is CCCNC(=O)NCC1CCNC1. The molecule has 3 N–H and O–H groups in total. The Labute approximate surface area is 79.5 Å². The van der Waals surface area contributed by atoms with Gasteiger partial charge in [0.2, 0.25) is 0 Å². The molecule has 0 aromatic rings. The molecule has 1 unspecified atom stereocenters. The first-order valence-electron chi connectivity index (χ1n) is 5.05. The maximum Gasteiger partial charge on any atom is 0.314 e. The van der Waals surface area contributed by atoms with Gasteiger partial charge in [-0.1, -0.05) is 6.92 Å². The van der Waals surface area contributed by atoms with E-state index in [0.717, 1.165) is 32.6 Å². The standard InChI is InChI=1S/C9H19N3O/c1-2-4-11-9(13)12-7-8-3-5-10-6-8/h8,10H,2-7H2,1H3,(H2,11,12,13). The van der Waals surface area contributed by atoms with Gasteiger partial charge in [0, 0.05) is 13.1 Å². The highest BCUT2D eigenvalue weighted by Gasteiger charge is 2.14. The zero-order valence-corrected chi connectivity index (χ0v) is 8.23. The molecule has 1 saturated heterocycles. The quantitative estimate of drug-likeness (QED) is 0.590. The molecule has 1 aliphatic heterocycles. The lowest BCUT2D eigenvalue weighted by Gasteiger charge is -2.10. The Morgan fingerprint density at radius 3 is 3.00 bits per heavy atom. The van der Waals surface area contributed by atoms with Gasteiger partial charge in [0.15, 0.2) is 0 Å². The average Bonchev–Trinajstić information content (AvgIpc) is 2.64.